The molecule has 1 rings (SSSR count). The molecule has 128 valence electrons. The van der Waals surface area contributed by atoms with Gasteiger partial charge < -0.3 is 5.11 Å². The van der Waals surface area contributed by atoms with Gasteiger partial charge in [0.15, 0.2) is 0 Å². The summed E-state index contributed by atoms with van der Waals surface area (Å²) in [5.41, 5.74) is 0.176. The van der Waals surface area contributed by atoms with E-state index < -0.39 is 13.6 Å². The molecule has 0 aliphatic heterocycles. The first kappa shape index (κ1) is 20.1. The molecule has 0 aromatic heterocycles. The van der Waals surface area contributed by atoms with Gasteiger partial charge in [0.05, 0.1) is 28.8 Å². The second-order valence-corrected chi connectivity index (χ2v) is 6.47. The van der Waals surface area contributed by atoms with Crippen molar-refractivity contribution in [3.8, 4) is 0 Å². The molecular weight excluding hydrogens is 370 g/mol. The van der Waals surface area contributed by atoms with Crippen molar-refractivity contribution in [1.82, 2.24) is 0 Å². The SMILES string of the molecule is CCOOP(=O)(/C=C/c1cc(Cl)c(C(=O)O)c(Cl)c1)OOCC. The number of benzene rings is 1. The van der Waals surface area contributed by atoms with E-state index in [1.165, 1.54) is 18.2 Å². The monoisotopic (exact) mass is 384 g/mol. The van der Waals surface area contributed by atoms with Gasteiger partial charge in [0.2, 0.25) is 0 Å². The van der Waals surface area contributed by atoms with Crippen LogP contribution in [-0.4, -0.2) is 24.3 Å². The molecule has 0 saturated carbocycles. The van der Waals surface area contributed by atoms with Crippen LogP contribution in [0.25, 0.3) is 6.08 Å². The molecule has 23 heavy (non-hydrogen) atoms. The van der Waals surface area contributed by atoms with Crippen molar-refractivity contribution < 1.29 is 33.6 Å². The number of aromatic carboxylic acids is 1. The van der Waals surface area contributed by atoms with Crippen LogP contribution >= 0.6 is 30.8 Å². The van der Waals surface area contributed by atoms with Crippen molar-refractivity contribution in [2.45, 2.75) is 13.8 Å². The average Bonchev–Trinajstić information content (AvgIpc) is 2.48. The summed E-state index contributed by atoms with van der Waals surface area (Å²) >= 11 is 11.7. The zero-order chi connectivity index (χ0) is 17.5. The van der Waals surface area contributed by atoms with Crippen molar-refractivity contribution in [3.63, 3.8) is 0 Å². The molecule has 0 saturated heterocycles. The summed E-state index contributed by atoms with van der Waals surface area (Å²) < 4.78 is 21.7. The van der Waals surface area contributed by atoms with Crippen LogP contribution in [0.2, 0.25) is 10.0 Å². The molecule has 0 unspecified atom stereocenters. The predicted octanol–water partition coefficient (Wildman–Crippen LogP) is 4.79. The van der Waals surface area contributed by atoms with Crippen LogP contribution in [0.15, 0.2) is 17.9 Å². The van der Waals surface area contributed by atoms with E-state index in [1.54, 1.807) is 13.8 Å². The Balaban J connectivity index is 3.04. The first-order chi connectivity index (χ1) is 10.8. The van der Waals surface area contributed by atoms with Crippen molar-refractivity contribution in [1.29, 1.82) is 0 Å². The third kappa shape index (κ3) is 6.24. The second kappa shape index (κ2) is 9.39. The third-order valence-electron chi connectivity index (χ3n) is 2.28. The number of carbonyl (C=O) groups is 1. The first-order valence-electron chi connectivity index (χ1n) is 6.46. The van der Waals surface area contributed by atoms with Gasteiger partial charge in [0, 0.05) is 5.82 Å². The largest absolute Gasteiger partial charge is 0.478 e. The normalized spacial score (nSPS) is 12.0. The number of carboxylic acid groups (broad SMARTS) is 1. The molecule has 0 spiro atoms. The first-order valence-corrected chi connectivity index (χ1v) is 8.83. The fourth-order valence-electron chi connectivity index (χ4n) is 1.39. The van der Waals surface area contributed by atoms with E-state index in [2.05, 4.69) is 19.1 Å². The van der Waals surface area contributed by atoms with Crippen LogP contribution in [0.5, 0.6) is 0 Å². The quantitative estimate of drug-likeness (QED) is 0.371. The van der Waals surface area contributed by atoms with Gasteiger partial charge in [-0.15, -0.1) is 9.35 Å². The highest BCUT2D eigenvalue weighted by molar-refractivity contribution is 7.57. The highest BCUT2D eigenvalue weighted by Gasteiger charge is 2.24. The van der Waals surface area contributed by atoms with Gasteiger partial charge in [-0.25, -0.2) is 14.6 Å². The van der Waals surface area contributed by atoms with E-state index in [9.17, 15) is 9.36 Å². The topological polar surface area (TPSA) is 91.3 Å². The lowest BCUT2D eigenvalue weighted by atomic mass is 10.1. The van der Waals surface area contributed by atoms with Gasteiger partial charge in [-0.2, -0.15) is 0 Å². The van der Waals surface area contributed by atoms with E-state index in [1.807, 2.05) is 0 Å². The lowest BCUT2D eigenvalue weighted by Gasteiger charge is -2.11. The predicted molar refractivity (Wildman–Crippen MR) is 85.5 cm³/mol. The summed E-state index contributed by atoms with van der Waals surface area (Å²) in [7, 11) is -3.81. The van der Waals surface area contributed by atoms with Crippen LogP contribution in [-0.2, 0) is 23.7 Å². The van der Waals surface area contributed by atoms with Crippen LogP contribution in [0.4, 0.5) is 0 Å². The lowest BCUT2D eigenvalue weighted by molar-refractivity contribution is -0.260. The summed E-state index contributed by atoms with van der Waals surface area (Å²) in [6, 6.07) is 2.69. The Morgan fingerprint density at radius 1 is 1.17 bits per heavy atom. The zero-order valence-electron chi connectivity index (χ0n) is 12.3. The Labute approximate surface area is 143 Å². The maximum atomic E-state index is 12.3. The van der Waals surface area contributed by atoms with E-state index in [0.29, 0.717) is 5.56 Å². The van der Waals surface area contributed by atoms with Crippen LogP contribution in [0, 0.1) is 0 Å². The van der Waals surface area contributed by atoms with Gasteiger partial charge in [0.25, 0.3) is 0 Å². The van der Waals surface area contributed by atoms with Gasteiger partial charge in [0.1, 0.15) is 0 Å². The smallest absolute Gasteiger partial charge is 0.407 e. The minimum Gasteiger partial charge on any atom is -0.478 e. The Bertz CT molecular complexity index is 598. The average molecular weight is 385 g/mol. The van der Waals surface area contributed by atoms with Gasteiger partial charge in [-0.3, -0.25) is 4.57 Å². The van der Waals surface area contributed by atoms with Crippen molar-refractivity contribution in [3.05, 3.63) is 39.1 Å². The molecule has 0 aliphatic carbocycles. The minimum atomic E-state index is -3.81. The third-order valence-corrected chi connectivity index (χ3v) is 4.01. The fourth-order valence-corrected chi connectivity index (χ4v) is 3.03. The highest BCUT2D eigenvalue weighted by atomic mass is 35.5. The Hall–Kier alpha value is -0.920. The number of rotatable bonds is 9. The maximum Gasteiger partial charge on any atom is 0.407 e. The number of carboxylic acids is 1. The summed E-state index contributed by atoms with van der Waals surface area (Å²) in [6.07, 6.45) is 1.34. The Kier molecular flexibility index (Phi) is 8.22. The molecule has 0 bridgehead atoms. The molecule has 0 heterocycles. The number of halogens is 2. The van der Waals surface area contributed by atoms with Gasteiger partial charge in [-0.05, 0) is 37.6 Å². The zero-order valence-corrected chi connectivity index (χ0v) is 14.7. The summed E-state index contributed by atoms with van der Waals surface area (Å²) in [5.74, 6) is -0.165. The van der Waals surface area contributed by atoms with Crippen molar-refractivity contribution in [2.75, 3.05) is 13.2 Å². The molecule has 0 radical (unpaired) electrons. The maximum absolute atomic E-state index is 12.3. The molecule has 0 atom stereocenters. The van der Waals surface area contributed by atoms with Crippen LogP contribution in [0.3, 0.4) is 0 Å². The minimum absolute atomic E-state index is 0.0593. The van der Waals surface area contributed by atoms with Crippen LogP contribution < -0.4 is 0 Å². The standard InChI is InChI=1S/C13H15Cl2O7P/c1-3-19-21-23(18,22-20-4-2)6-5-9-7-10(14)12(13(16)17)11(15)8-9/h5-8H,3-4H2,1-2H3,(H,16,17)/b6-5+. The summed E-state index contributed by atoms with van der Waals surface area (Å²) in [6.45, 7) is 3.58. The summed E-state index contributed by atoms with van der Waals surface area (Å²) in [5, 5.41) is 8.87. The van der Waals surface area contributed by atoms with E-state index >= 15 is 0 Å². The molecule has 7 nitrogen and oxygen atoms in total. The van der Waals surface area contributed by atoms with E-state index in [4.69, 9.17) is 28.3 Å². The fraction of sp³-hybridized carbons (Fsp3) is 0.308. The van der Waals surface area contributed by atoms with Gasteiger partial charge in [-0.1, -0.05) is 23.2 Å². The molecule has 1 aromatic rings. The van der Waals surface area contributed by atoms with Gasteiger partial charge >= 0.3 is 13.6 Å². The highest BCUT2D eigenvalue weighted by Crippen LogP contribution is 2.50. The molecule has 0 aliphatic rings. The molecule has 0 amide bonds. The molecule has 10 heteroatoms. The van der Waals surface area contributed by atoms with E-state index in [0.717, 1.165) is 5.82 Å². The molecule has 1 aromatic carbocycles. The Morgan fingerprint density at radius 3 is 2.04 bits per heavy atom. The van der Waals surface area contributed by atoms with Crippen molar-refractivity contribution in [2.24, 2.45) is 0 Å². The van der Waals surface area contributed by atoms with E-state index in [-0.39, 0.29) is 28.8 Å². The number of hydrogen-bond donors (Lipinski definition) is 1. The second-order valence-electron chi connectivity index (χ2n) is 3.98. The Morgan fingerprint density at radius 2 is 1.65 bits per heavy atom. The lowest BCUT2D eigenvalue weighted by Crippen LogP contribution is -1.99. The number of hydrogen-bond acceptors (Lipinski definition) is 6. The summed E-state index contributed by atoms with van der Waals surface area (Å²) in [4.78, 5) is 20.3. The molecular formula is C13H15Cl2O7P. The molecule has 1 N–H and O–H groups in total. The molecule has 0 fully saturated rings. The van der Waals surface area contributed by atoms with Crippen LogP contribution in [0.1, 0.15) is 29.8 Å². The van der Waals surface area contributed by atoms with Crippen molar-refractivity contribution >= 4 is 42.8 Å².